The number of nitrogens with two attached hydrogens (primary N) is 1. The van der Waals surface area contributed by atoms with E-state index < -0.39 is 11.7 Å². The van der Waals surface area contributed by atoms with Crippen LogP contribution in [0, 0.1) is 5.41 Å². The normalized spacial score (nSPS) is 22.3. The Morgan fingerprint density at radius 2 is 2.03 bits per heavy atom. The van der Waals surface area contributed by atoms with Crippen molar-refractivity contribution in [1.82, 2.24) is 24.7 Å². The first-order valence-corrected chi connectivity index (χ1v) is 10.1. The maximum Gasteiger partial charge on any atom is 0.417 e. The van der Waals surface area contributed by atoms with Gasteiger partial charge >= 0.3 is 6.18 Å². The average molecular weight is 444 g/mol. The predicted molar refractivity (Wildman–Crippen MR) is 115 cm³/mol. The molecule has 0 unspecified atom stereocenters. The van der Waals surface area contributed by atoms with Gasteiger partial charge in [0.15, 0.2) is 5.82 Å². The molecule has 0 aromatic carbocycles. The van der Waals surface area contributed by atoms with Gasteiger partial charge in [-0.2, -0.15) is 13.2 Å². The maximum absolute atomic E-state index is 13.2. The topological polar surface area (TPSA) is 108 Å². The van der Waals surface area contributed by atoms with Gasteiger partial charge in [-0.25, -0.2) is 15.0 Å². The van der Waals surface area contributed by atoms with E-state index in [4.69, 9.17) is 11.1 Å². The van der Waals surface area contributed by atoms with E-state index in [0.717, 1.165) is 12.3 Å². The molecule has 0 radical (unpaired) electrons. The monoisotopic (exact) mass is 444 g/mol. The van der Waals surface area contributed by atoms with Gasteiger partial charge in [0.1, 0.15) is 17.2 Å². The zero-order valence-electron chi connectivity index (χ0n) is 17.5. The van der Waals surface area contributed by atoms with Crippen molar-refractivity contribution in [2.24, 2.45) is 5.73 Å². The molecule has 4 rings (SSSR count). The fourth-order valence-corrected chi connectivity index (χ4v) is 4.00. The molecule has 32 heavy (non-hydrogen) atoms. The first-order valence-electron chi connectivity index (χ1n) is 10.1. The fraction of sp³-hybridized carbons (Fsp3) is 0.333. The van der Waals surface area contributed by atoms with Gasteiger partial charge in [0, 0.05) is 49.0 Å². The number of fused-ring (bicyclic) bond motifs is 1. The van der Waals surface area contributed by atoms with Crippen LogP contribution < -0.4 is 16.0 Å². The highest BCUT2D eigenvalue weighted by molar-refractivity contribution is 5.78. The van der Waals surface area contributed by atoms with Crippen LogP contribution in [0.2, 0.25) is 0 Å². The molecule has 4 heterocycles. The van der Waals surface area contributed by atoms with Crippen molar-refractivity contribution in [2.45, 2.75) is 38.1 Å². The van der Waals surface area contributed by atoms with E-state index >= 15 is 0 Å². The van der Waals surface area contributed by atoms with Crippen molar-refractivity contribution < 1.29 is 13.2 Å². The molecule has 8 nitrogen and oxygen atoms in total. The van der Waals surface area contributed by atoms with Crippen LogP contribution in [0.25, 0.3) is 17.2 Å². The van der Waals surface area contributed by atoms with Gasteiger partial charge in [0.05, 0.1) is 17.8 Å². The third-order valence-corrected chi connectivity index (χ3v) is 5.62. The first kappa shape index (κ1) is 21.8. The quantitative estimate of drug-likeness (QED) is 0.534. The number of hydrogen-bond donors (Lipinski definition) is 3. The molecule has 4 N–H and O–H groups in total. The summed E-state index contributed by atoms with van der Waals surface area (Å²) in [5.41, 5.74) is 6.32. The van der Waals surface area contributed by atoms with E-state index in [1.54, 1.807) is 12.3 Å². The van der Waals surface area contributed by atoms with Crippen LogP contribution in [0.1, 0.15) is 19.4 Å². The Kier molecular flexibility index (Phi) is 5.59. The highest BCUT2D eigenvalue weighted by Gasteiger charge is 2.34. The molecule has 3 aromatic rings. The fourth-order valence-electron chi connectivity index (χ4n) is 4.00. The minimum atomic E-state index is -4.47. The van der Waals surface area contributed by atoms with Gasteiger partial charge in [-0.15, -0.1) is 0 Å². The van der Waals surface area contributed by atoms with Crippen molar-refractivity contribution in [2.75, 3.05) is 11.4 Å². The minimum absolute atomic E-state index is 0.0793. The Bertz CT molecular complexity index is 1170. The molecule has 0 amide bonds. The molecule has 168 valence electrons. The second-order valence-corrected chi connectivity index (χ2v) is 7.77. The number of imidazole rings is 1. The second-order valence-electron chi connectivity index (χ2n) is 7.77. The van der Waals surface area contributed by atoms with Gasteiger partial charge in [0.2, 0.25) is 0 Å². The summed E-state index contributed by atoms with van der Waals surface area (Å²) in [5, 5.41) is 11.1. The summed E-state index contributed by atoms with van der Waals surface area (Å²) >= 11 is 0. The van der Waals surface area contributed by atoms with E-state index in [0.29, 0.717) is 29.3 Å². The summed E-state index contributed by atoms with van der Waals surface area (Å²) in [6, 6.07) is 3.91. The van der Waals surface area contributed by atoms with E-state index in [-0.39, 0.29) is 23.9 Å². The predicted octanol–water partition coefficient (Wildman–Crippen LogP) is 2.86. The molecular formula is C21H23F3N8. The van der Waals surface area contributed by atoms with Crippen molar-refractivity contribution in [3.63, 3.8) is 0 Å². The van der Waals surface area contributed by atoms with Gasteiger partial charge < -0.3 is 21.4 Å². The molecule has 0 saturated carbocycles. The summed E-state index contributed by atoms with van der Waals surface area (Å²) in [5.74, 6) is 0.898. The van der Waals surface area contributed by atoms with Crippen LogP contribution in [0.3, 0.4) is 0 Å². The van der Waals surface area contributed by atoms with Crippen LogP contribution >= 0.6 is 0 Å². The molecule has 1 aliphatic heterocycles. The standard InChI is InChI=1S/C21H23F3N8/c1-12-10-31(13(2)19(29-12)14(7-25)8-26)18-5-6-27-20(30-18)16-9-28-17-4-3-15(11-32(16)17)21(22,23)24/h3-9,11-13,19,25,29H,10,26H2,1-2H3/b14-8+,25-7?/t12-,13-,19-/m1/s1. The average Bonchev–Trinajstić information content (AvgIpc) is 3.19. The molecule has 1 fully saturated rings. The molecule has 1 saturated heterocycles. The van der Waals surface area contributed by atoms with Gasteiger partial charge in [-0.1, -0.05) is 0 Å². The SMILES string of the molecule is C[C@@H]1CN(c2ccnc(-c3cnc4ccc(C(F)(F)F)cn34)n2)[C@H](C)[C@H](/C(C=N)=C/N)N1. The van der Waals surface area contributed by atoms with E-state index in [2.05, 4.69) is 25.2 Å². The van der Waals surface area contributed by atoms with Crippen LogP contribution in [0.5, 0.6) is 0 Å². The third-order valence-electron chi connectivity index (χ3n) is 5.62. The Morgan fingerprint density at radius 1 is 1.25 bits per heavy atom. The Morgan fingerprint density at radius 3 is 2.72 bits per heavy atom. The first-order chi connectivity index (χ1) is 15.2. The molecule has 0 spiro atoms. The van der Waals surface area contributed by atoms with Gasteiger partial charge in [-0.3, -0.25) is 4.40 Å². The molecule has 3 atom stereocenters. The number of nitrogens with one attached hydrogen (secondary N) is 2. The Hall–Kier alpha value is -3.47. The van der Waals surface area contributed by atoms with E-state index in [9.17, 15) is 13.2 Å². The highest BCUT2D eigenvalue weighted by Crippen LogP contribution is 2.31. The zero-order valence-corrected chi connectivity index (χ0v) is 17.5. The number of alkyl halides is 3. The van der Waals surface area contributed by atoms with Gasteiger partial charge in [0.25, 0.3) is 0 Å². The lowest BCUT2D eigenvalue weighted by Crippen LogP contribution is -2.61. The lowest BCUT2D eigenvalue weighted by atomic mass is 9.96. The third kappa shape index (κ3) is 3.91. The molecule has 11 heteroatoms. The summed E-state index contributed by atoms with van der Waals surface area (Å²) in [6.07, 6.45) is 2.22. The Balaban J connectivity index is 1.73. The number of aromatic nitrogens is 4. The van der Waals surface area contributed by atoms with E-state index in [1.165, 1.54) is 29.1 Å². The number of halogens is 3. The largest absolute Gasteiger partial charge is 0.417 e. The summed E-state index contributed by atoms with van der Waals surface area (Å²) in [7, 11) is 0. The number of hydrogen-bond acceptors (Lipinski definition) is 7. The Labute approximate surface area is 182 Å². The number of piperazine rings is 1. The summed E-state index contributed by atoms with van der Waals surface area (Å²) in [6.45, 7) is 4.67. The van der Waals surface area contributed by atoms with E-state index in [1.807, 2.05) is 13.8 Å². The smallest absolute Gasteiger partial charge is 0.404 e. The molecular weight excluding hydrogens is 421 g/mol. The number of rotatable bonds is 4. The van der Waals surface area contributed by atoms with Crippen LogP contribution in [-0.2, 0) is 6.18 Å². The van der Waals surface area contributed by atoms with Gasteiger partial charge in [-0.05, 0) is 32.0 Å². The van der Waals surface area contributed by atoms with Crippen molar-refractivity contribution in [3.8, 4) is 11.5 Å². The minimum Gasteiger partial charge on any atom is -0.404 e. The molecule has 1 aliphatic rings. The molecule has 3 aromatic heterocycles. The highest BCUT2D eigenvalue weighted by atomic mass is 19.4. The number of anilines is 1. The van der Waals surface area contributed by atoms with Crippen molar-refractivity contribution >= 4 is 17.7 Å². The van der Waals surface area contributed by atoms with Crippen LogP contribution in [-0.4, -0.2) is 50.2 Å². The van der Waals surface area contributed by atoms with Crippen molar-refractivity contribution in [1.29, 1.82) is 5.41 Å². The lowest BCUT2D eigenvalue weighted by molar-refractivity contribution is -0.137. The second kappa shape index (κ2) is 8.23. The summed E-state index contributed by atoms with van der Waals surface area (Å²) < 4.78 is 40.9. The zero-order chi connectivity index (χ0) is 23.0. The van der Waals surface area contributed by atoms with Crippen LogP contribution in [0.15, 0.2) is 48.6 Å². The van der Waals surface area contributed by atoms with Crippen LogP contribution in [0.4, 0.5) is 19.0 Å². The number of nitrogens with zero attached hydrogens (tertiary/aromatic N) is 5. The molecule has 0 bridgehead atoms. The van der Waals surface area contributed by atoms with Crippen molar-refractivity contribution in [3.05, 3.63) is 54.1 Å². The number of pyridine rings is 1. The maximum atomic E-state index is 13.2. The molecule has 0 aliphatic carbocycles. The summed E-state index contributed by atoms with van der Waals surface area (Å²) in [4.78, 5) is 15.2. The lowest BCUT2D eigenvalue weighted by Gasteiger charge is -2.44.